The van der Waals surface area contributed by atoms with Gasteiger partial charge in [0.05, 0.1) is 13.2 Å². The molecule has 94 valence electrons. The average molecular weight is 234 g/mol. The summed E-state index contributed by atoms with van der Waals surface area (Å²) >= 11 is 0. The Morgan fingerprint density at radius 1 is 1.35 bits per heavy atom. The van der Waals surface area contributed by atoms with Gasteiger partial charge in [-0.2, -0.15) is 0 Å². The summed E-state index contributed by atoms with van der Waals surface area (Å²) in [5.41, 5.74) is 8.11. The van der Waals surface area contributed by atoms with E-state index >= 15 is 0 Å². The minimum absolute atomic E-state index is 0.665. The lowest BCUT2D eigenvalue weighted by atomic mass is 9.97. The molecule has 0 aromatic carbocycles. The van der Waals surface area contributed by atoms with Crippen molar-refractivity contribution in [3.05, 3.63) is 29.6 Å². The van der Waals surface area contributed by atoms with E-state index in [1.54, 1.807) is 0 Å². The molecule has 0 radical (unpaired) electrons. The number of ether oxygens (including phenoxy) is 1. The lowest BCUT2D eigenvalue weighted by Gasteiger charge is -2.17. The fraction of sp³-hybridized carbons (Fsp3) is 0.643. The van der Waals surface area contributed by atoms with E-state index in [-0.39, 0.29) is 0 Å². The molecule has 3 heteroatoms. The molecule has 0 bridgehead atoms. The lowest BCUT2D eigenvalue weighted by molar-refractivity contribution is 0.0752. The Hall–Kier alpha value is -0.930. The van der Waals surface area contributed by atoms with Gasteiger partial charge in [0, 0.05) is 12.4 Å². The first-order valence-corrected chi connectivity index (χ1v) is 6.48. The van der Waals surface area contributed by atoms with E-state index in [1.165, 1.54) is 24.8 Å². The highest BCUT2D eigenvalue weighted by Gasteiger charge is 2.25. The number of nitrogens with two attached hydrogens (primary N) is 1. The molecule has 2 N–H and O–H groups in total. The van der Waals surface area contributed by atoms with E-state index in [2.05, 4.69) is 18.0 Å². The number of aromatic nitrogens is 1. The summed E-state index contributed by atoms with van der Waals surface area (Å²) in [7, 11) is 0. The third kappa shape index (κ3) is 3.51. The van der Waals surface area contributed by atoms with Crippen LogP contribution in [0.15, 0.2) is 18.5 Å². The number of nitrogens with zero attached hydrogens (tertiary/aromatic N) is 1. The molecule has 2 rings (SSSR count). The van der Waals surface area contributed by atoms with Crippen molar-refractivity contribution >= 4 is 0 Å². The number of rotatable bonds is 5. The van der Waals surface area contributed by atoms with Crippen LogP contribution in [0.4, 0.5) is 0 Å². The third-order valence-electron chi connectivity index (χ3n) is 3.65. The Kier molecular flexibility index (Phi) is 4.51. The number of hydrogen-bond acceptors (Lipinski definition) is 3. The highest BCUT2D eigenvalue weighted by atomic mass is 16.5. The Morgan fingerprint density at radius 3 is 2.94 bits per heavy atom. The molecular weight excluding hydrogens is 212 g/mol. The topological polar surface area (TPSA) is 48.1 Å². The van der Waals surface area contributed by atoms with Gasteiger partial charge in [-0.15, -0.1) is 0 Å². The van der Waals surface area contributed by atoms with Gasteiger partial charge in [0.2, 0.25) is 0 Å². The summed E-state index contributed by atoms with van der Waals surface area (Å²) in [5.74, 6) is 1.34. The van der Waals surface area contributed by atoms with Gasteiger partial charge in [0.25, 0.3) is 0 Å². The van der Waals surface area contributed by atoms with Crippen molar-refractivity contribution in [1.29, 1.82) is 0 Å². The fourth-order valence-corrected chi connectivity index (χ4v) is 2.67. The summed E-state index contributed by atoms with van der Waals surface area (Å²) < 4.78 is 5.80. The standard InChI is InChI=1S/C14H22N2O/c1-11-5-12(8-16-7-11)9-17-10-14-4-2-3-13(14)6-15/h5,7-8,13-14H,2-4,6,9-10,15H2,1H3. The summed E-state index contributed by atoms with van der Waals surface area (Å²) in [4.78, 5) is 4.17. The summed E-state index contributed by atoms with van der Waals surface area (Å²) in [6.07, 6.45) is 7.60. The second-order valence-corrected chi connectivity index (χ2v) is 5.07. The van der Waals surface area contributed by atoms with E-state index in [0.29, 0.717) is 18.4 Å². The van der Waals surface area contributed by atoms with Gasteiger partial charge in [0.15, 0.2) is 0 Å². The molecule has 2 atom stereocenters. The van der Waals surface area contributed by atoms with E-state index in [0.717, 1.165) is 18.7 Å². The maximum absolute atomic E-state index is 5.80. The predicted molar refractivity (Wildman–Crippen MR) is 68.5 cm³/mol. The molecule has 3 nitrogen and oxygen atoms in total. The first-order chi connectivity index (χ1) is 8.29. The number of hydrogen-bond donors (Lipinski definition) is 1. The van der Waals surface area contributed by atoms with Crippen LogP contribution in [0, 0.1) is 18.8 Å². The molecule has 2 unspecified atom stereocenters. The molecule has 1 fully saturated rings. The average Bonchev–Trinajstić information content (AvgIpc) is 2.77. The minimum Gasteiger partial charge on any atom is -0.376 e. The van der Waals surface area contributed by atoms with Gasteiger partial charge in [-0.3, -0.25) is 4.98 Å². The molecule has 1 aromatic heterocycles. The molecule has 1 aliphatic rings. The van der Waals surface area contributed by atoms with Gasteiger partial charge >= 0.3 is 0 Å². The van der Waals surface area contributed by atoms with Crippen LogP contribution in [-0.2, 0) is 11.3 Å². The van der Waals surface area contributed by atoms with E-state index in [4.69, 9.17) is 10.5 Å². The normalized spacial score (nSPS) is 24.1. The zero-order valence-corrected chi connectivity index (χ0v) is 10.6. The Labute approximate surface area is 103 Å². The molecule has 1 aromatic rings. The molecule has 0 amide bonds. The van der Waals surface area contributed by atoms with Crippen molar-refractivity contribution < 1.29 is 4.74 Å². The fourth-order valence-electron chi connectivity index (χ4n) is 2.67. The SMILES string of the molecule is Cc1cncc(COCC2CCCC2CN)c1. The summed E-state index contributed by atoms with van der Waals surface area (Å²) in [5, 5.41) is 0. The quantitative estimate of drug-likeness (QED) is 0.850. The molecular formula is C14H22N2O. The van der Waals surface area contributed by atoms with E-state index in [1.807, 2.05) is 12.4 Å². The molecule has 0 aliphatic heterocycles. The number of pyridine rings is 1. The van der Waals surface area contributed by atoms with Crippen LogP contribution in [0.2, 0.25) is 0 Å². The van der Waals surface area contributed by atoms with Gasteiger partial charge < -0.3 is 10.5 Å². The second kappa shape index (κ2) is 6.12. The second-order valence-electron chi connectivity index (χ2n) is 5.07. The van der Waals surface area contributed by atoms with E-state index < -0.39 is 0 Å². The lowest BCUT2D eigenvalue weighted by Crippen LogP contribution is -2.22. The highest BCUT2D eigenvalue weighted by molar-refractivity contribution is 5.15. The Balaban J connectivity index is 1.76. The monoisotopic (exact) mass is 234 g/mol. The first-order valence-electron chi connectivity index (χ1n) is 6.48. The molecule has 1 heterocycles. The highest BCUT2D eigenvalue weighted by Crippen LogP contribution is 2.31. The third-order valence-corrected chi connectivity index (χ3v) is 3.65. The van der Waals surface area contributed by atoms with Crippen molar-refractivity contribution in [1.82, 2.24) is 4.98 Å². The van der Waals surface area contributed by atoms with E-state index in [9.17, 15) is 0 Å². The zero-order valence-electron chi connectivity index (χ0n) is 10.6. The van der Waals surface area contributed by atoms with Crippen LogP contribution in [0.1, 0.15) is 30.4 Å². The van der Waals surface area contributed by atoms with Crippen molar-refractivity contribution in [2.24, 2.45) is 17.6 Å². The summed E-state index contributed by atoms with van der Waals surface area (Å²) in [6, 6.07) is 2.13. The van der Waals surface area contributed by atoms with Gasteiger partial charge in [-0.1, -0.05) is 12.5 Å². The molecule has 1 saturated carbocycles. The largest absolute Gasteiger partial charge is 0.376 e. The zero-order chi connectivity index (χ0) is 12.1. The van der Waals surface area contributed by atoms with Crippen LogP contribution in [0.5, 0.6) is 0 Å². The van der Waals surface area contributed by atoms with Crippen molar-refractivity contribution in [3.63, 3.8) is 0 Å². The molecule has 0 saturated heterocycles. The maximum Gasteiger partial charge on any atom is 0.0732 e. The maximum atomic E-state index is 5.80. The smallest absolute Gasteiger partial charge is 0.0732 e. The van der Waals surface area contributed by atoms with Crippen LogP contribution < -0.4 is 5.73 Å². The van der Waals surface area contributed by atoms with Crippen LogP contribution in [0.25, 0.3) is 0 Å². The molecule has 0 spiro atoms. The van der Waals surface area contributed by atoms with Gasteiger partial charge in [0.1, 0.15) is 0 Å². The summed E-state index contributed by atoms with van der Waals surface area (Å²) in [6.45, 7) is 4.37. The van der Waals surface area contributed by atoms with Gasteiger partial charge in [-0.05, 0) is 49.3 Å². The number of aryl methyl sites for hydroxylation is 1. The first kappa shape index (κ1) is 12.5. The predicted octanol–water partition coefficient (Wildman–Crippen LogP) is 2.28. The van der Waals surface area contributed by atoms with Crippen molar-refractivity contribution in [3.8, 4) is 0 Å². The molecule has 17 heavy (non-hydrogen) atoms. The van der Waals surface area contributed by atoms with Crippen LogP contribution >= 0.6 is 0 Å². The van der Waals surface area contributed by atoms with Crippen LogP contribution in [0.3, 0.4) is 0 Å². The Bertz CT molecular complexity index is 354. The van der Waals surface area contributed by atoms with Crippen molar-refractivity contribution in [2.75, 3.05) is 13.2 Å². The minimum atomic E-state index is 0.665. The Morgan fingerprint density at radius 2 is 2.18 bits per heavy atom. The van der Waals surface area contributed by atoms with Gasteiger partial charge in [-0.25, -0.2) is 0 Å². The van der Waals surface area contributed by atoms with Crippen LogP contribution in [-0.4, -0.2) is 18.1 Å². The van der Waals surface area contributed by atoms with Crippen molar-refractivity contribution in [2.45, 2.75) is 32.8 Å². The molecule has 1 aliphatic carbocycles.